The Labute approximate surface area is 137 Å². The molecule has 0 saturated carbocycles. The SMILES string of the molecule is O=C(O)CNC(=O)c1cc2ccccc2c(-c2ccc(O)cc2)n1. The van der Waals surface area contributed by atoms with E-state index in [1.165, 1.54) is 0 Å². The lowest BCUT2D eigenvalue weighted by molar-refractivity contribution is -0.135. The molecule has 1 amide bonds. The van der Waals surface area contributed by atoms with Gasteiger partial charge in [-0.1, -0.05) is 24.3 Å². The van der Waals surface area contributed by atoms with Gasteiger partial charge in [-0.05, 0) is 35.7 Å². The lowest BCUT2D eigenvalue weighted by Crippen LogP contribution is -2.29. The van der Waals surface area contributed by atoms with Crippen molar-refractivity contribution in [3.63, 3.8) is 0 Å². The van der Waals surface area contributed by atoms with Crippen LogP contribution in [0.2, 0.25) is 0 Å². The van der Waals surface area contributed by atoms with E-state index >= 15 is 0 Å². The molecular weight excluding hydrogens is 308 g/mol. The van der Waals surface area contributed by atoms with E-state index in [4.69, 9.17) is 5.11 Å². The van der Waals surface area contributed by atoms with Crippen LogP contribution < -0.4 is 5.32 Å². The first kappa shape index (κ1) is 15.5. The van der Waals surface area contributed by atoms with E-state index in [1.54, 1.807) is 30.3 Å². The molecule has 0 aliphatic carbocycles. The van der Waals surface area contributed by atoms with E-state index in [1.807, 2.05) is 24.3 Å². The molecule has 2 aromatic carbocycles. The number of hydrogen-bond acceptors (Lipinski definition) is 4. The quantitative estimate of drug-likeness (QED) is 0.685. The number of rotatable bonds is 4. The first-order valence-electron chi connectivity index (χ1n) is 7.24. The summed E-state index contributed by atoms with van der Waals surface area (Å²) in [4.78, 5) is 27.2. The molecule has 6 heteroatoms. The summed E-state index contributed by atoms with van der Waals surface area (Å²) in [5.41, 5.74) is 1.48. The van der Waals surface area contributed by atoms with Gasteiger partial charge in [0, 0.05) is 10.9 Å². The second-order valence-corrected chi connectivity index (χ2v) is 5.20. The number of nitrogens with zero attached hydrogens (tertiary/aromatic N) is 1. The van der Waals surface area contributed by atoms with E-state index < -0.39 is 18.4 Å². The van der Waals surface area contributed by atoms with Gasteiger partial charge in [0.2, 0.25) is 0 Å². The molecule has 6 nitrogen and oxygen atoms in total. The molecule has 24 heavy (non-hydrogen) atoms. The van der Waals surface area contributed by atoms with Crippen molar-refractivity contribution in [2.75, 3.05) is 6.54 Å². The molecule has 0 radical (unpaired) electrons. The minimum atomic E-state index is -1.12. The number of phenolic OH excluding ortho intramolecular Hbond substituents is 1. The van der Waals surface area contributed by atoms with Crippen molar-refractivity contribution >= 4 is 22.6 Å². The van der Waals surface area contributed by atoms with Gasteiger partial charge in [0.15, 0.2) is 0 Å². The normalized spacial score (nSPS) is 10.5. The van der Waals surface area contributed by atoms with E-state index in [0.717, 1.165) is 16.3 Å². The maximum Gasteiger partial charge on any atom is 0.322 e. The van der Waals surface area contributed by atoms with Crippen LogP contribution in [0, 0.1) is 0 Å². The highest BCUT2D eigenvalue weighted by atomic mass is 16.4. The minimum Gasteiger partial charge on any atom is -0.508 e. The molecular formula is C18H14N2O4. The fourth-order valence-corrected chi connectivity index (χ4v) is 2.40. The standard InChI is InChI=1S/C18H14N2O4/c21-13-7-5-11(6-8-13)17-14-4-2-1-3-12(14)9-15(20-17)18(24)19-10-16(22)23/h1-9,21H,10H2,(H,19,24)(H,22,23). The van der Waals surface area contributed by atoms with Gasteiger partial charge in [-0.3, -0.25) is 9.59 Å². The predicted molar refractivity (Wildman–Crippen MR) is 88.8 cm³/mol. The molecule has 3 N–H and O–H groups in total. The summed E-state index contributed by atoms with van der Waals surface area (Å²) in [5, 5.41) is 22.1. The van der Waals surface area contributed by atoms with Gasteiger partial charge in [-0.25, -0.2) is 4.98 Å². The Balaban J connectivity index is 2.11. The number of aromatic hydroxyl groups is 1. The summed E-state index contributed by atoms with van der Waals surface area (Å²) in [6.07, 6.45) is 0. The zero-order valence-corrected chi connectivity index (χ0v) is 12.6. The molecule has 0 atom stereocenters. The lowest BCUT2D eigenvalue weighted by Gasteiger charge is -2.10. The summed E-state index contributed by atoms with van der Waals surface area (Å²) in [6.45, 7) is -0.470. The molecule has 0 bridgehead atoms. The van der Waals surface area contributed by atoms with Gasteiger partial charge in [0.1, 0.15) is 18.0 Å². The topological polar surface area (TPSA) is 99.5 Å². The van der Waals surface area contributed by atoms with Crippen molar-refractivity contribution in [2.45, 2.75) is 0 Å². The third-order valence-electron chi connectivity index (χ3n) is 3.51. The lowest BCUT2D eigenvalue weighted by atomic mass is 10.0. The average molecular weight is 322 g/mol. The maximum atomic E-state index is 12.2. The first-order valence-corrected chi connectivity index (χ1v) is 7.24. The highest BCUT2D eigenvalue weighted by Gasteiger charge is 2.14. The van der Waals surface area contributed by atoms with Crippen LogP contribution in [0.3, 0.4) is 0 Å². The number of fused-ring (bicyclic) bond motifs is 1. The molecule has 0 spiro atoms. The van der Waals surface area contributed by atoms with Crippen LogP contribution in [0.15, 0.2) is 54.6 Å². The van der Waals surface area contributed by atoms with Crippen molar-refractivity contribution in [3.05, 3.63) is 60.3 Å². The van der Waals surface area contributed by atoms with Crippen molar-refractivity contribution < 1.29 is 19.8 Å². The third-order valence-corrected chi connectivity index (χ3v) is 3.51. The number of nitrogens with one attached hydrogen (secondary N) is 1. The van der Waals surface area contributed by atoms with Gasteiger partial charge in [0.25, 0.3) is 5.91 Å². The number of pyridine rings is 1. The number of amides is 1. The Morgan fingerprint density at radius 2 is 1.75 bits per heavy atom. The molecule has 1 aromatic heterocycles. The summed E-state index contributed by atoms with van der Waals surface area (Å²) in [7, 11) is 0. The fourth-order valence-electron chi connectivity index (χ4n) is 2.40. The summed E-state index contributed by atoms with van der Waals surface area (Å²) >= 11 is 0. The Morgan fingerprint density at radius 1 is 1.04 bits per heavy atom. The molecule has 0 aliphatic rings. The predicted octanol–water partition coefficient (Wildman–Crippen LogP) is 2.42. The zero-order valence-electron chi connectivity index (χ0n) is 12.6. The molecule has 0 fully saturated rings. The number of carbonyl (C=O) groups is 2. The highest BCUT2D eigenvalue weighted by Crippen LogP contribution is 2.28. The van der Waals surface area contributed by atoms with Gasteiger partial charge < -0.3 is 15.5 Å². The van der Waals surface area contributed by atoms with Crippen LogP contribution in [0.4, 0.5) is 0 Å². The summed E-state index contributed by atoms with van der Waals surface area (Å²) in [5.74, 6) is -1.54. The van der Waals surface area contributed by atoms with Crippen molar-refractivity contribution in [2.24, 2.45) is 0 Å². The number of carboxylic acid groups (broad SMARTS) is 1. The molecule has 0 aliphatic heterocycles. The molecule has 1 heterocycles. The largest absolute Gasteiger partial charge is 0.508 e. The van der Waals surface area contributed by atoms with Gasteiger partial charge in [-0.2, -0.15) is 0 Å². The Morgan fingerprint density at radius 3 is 2.46 bits per heavy atom. The molecule has 120 valence electrons. The van der Waals surface area contributed by atoms with Crippen LogP contribution >= 0.6 is 0 Å². The van der Waals surface area contributed by atoms with Crippen molar-refractivity contribution in [3.8, 4) is 17.0 Å². The van der Waals surface area contributed by atoms with Crippen LogP contribution in [-0.4, -0.2) is 33.6 Å². The third kappa shape index (κ3) is 3.17. The van der Waals surface area contributed by atoms with Crippen LogP contribution in [0.25, 0.3) is 22.0 Å². The number of hydrogen-bond donors (Lipinski definition) is 3. The van der Waals surface area contributed by atoms with Gasteiger partial charge in [0.05, 0.1) is 5.69 Å². The average Bonchev–Trinajstić information content (AvgIpc) is 2.59. The molecule has 3 aromatic rings. The molecule has 0 unspecified atom stereocenters. The van der Waals surface area contributed by atoms with E-state index in [0.29, 0.717) is 5.69 Å². The second-order valence-electron chi connectivity index (χ2n) is 5.20. The van der Waals surface area contributed by atoms with Gasteiger partial charge >= 0.3 is 5.97 Å². The summed E-state index contributed by atoms with van der Waals surface area (Å²) in [6, 6.07) is 15.6. The number of phenols is 1. The maximum absolute atomic E-state index is 12.2. The van der Waals surface area contributed by atoms with Crippen LogP contribution in [0.5, 0.6) is 5.75 Å². The number of benzene rings is 2. The molecule has 0 saturated heterocycles. The van der Waals surface area contributed by atoms with Crippen LogP contribution in [0.1, 0.15) is 10.5 Å². The van der Waals surface area contributed by atoms with Gasteiger partial charge in [-0.15, -0.1) is 0 Å². The Bertz CT molecular complexity index is 920. The van der Waals surface area contributed by atoms with E-state index in [2.05, 4.69) is 10.3 Å². The minimum absolute atomic E-state index is 0.137. The van der Waals surface area contributed by atoms with Crippen molar-refractivity contribution in [1.82, 2.24) is 10.3 Å². The smallest absolute Gasteiger partial charge is 0.322 e. The second kappa shape index (κ2) is 6.37. The van der Waals surface area contributed by atoms with E-state index in [9.17, 15) is 14.7 Å². The number of aliphatic carboxylic acids is 1. The summed E-state index contributed by atoms with van der Waals surface area (Å²) < 4.78 is 0. The number of carbonyl (C=O) groups excluding carboxylic acids is 1. The van der Waals surface area contributed by atoms with E-state index in [-0.39, 0.29) is 11.4 Å². The monoisotopic (exact) mass is 322 g/mol. The Kier molecular flexibility index (Phi) is 4.11. The first-order chi connectivity index (χ1) is 11.5. The van der Waals surface area contributed by atoms with Crippen LogP contribution in [-0.2, 0) is 4.79 Å². The fraction of sp³-hybridized carbons (Fsp3) is 0.0556. The number of carboxylic acids is 1. The number of aromatic nitrogens is 1. The zero-order chi connectivity index (χ0) is 17.1. The highest BCUT2D eigenvalue weighted by molar-refractivity contribution is 6.02. The van der Waals surface area contributed by atoms with Crippen molar-refractivity contribution in [1.29, 1.82) is 0 Å². The molecule has 3 rings (SSSR count). The Hall–Kier alpha value is -3.41.